The van der Waals surface area contributed by atoms with E-state index in [1.807, 2.05) is 0 Å². The molecule has 0 fully saturated rings. The van der Waals surface area contributed by atoms with Crippen molar-refractivity contribution >= 4 is 39.5 Å². The van der Waals surface area contributed by atoms with Crippen molar-refractivity contribution in [3.05, 3.63) is 0 Å². The average Bonchev–Trinajstić information content (AvgIpc) is 3.73. The molecule has 0 aromatic rings. The van der Waals surface area contributed by atoms with E-state index in [0.717, 1.165) is 108 Å². The van der Waals surface area contributed by atoms with Gasteiger partial charge in [-0.05, 0) is 37.5 Å². The Hall–Kier alpha value is -1.94. The third kappa shape index (κ3) is 66.5. The van der Waals surface area contributed by atoms with Crippen molar-refractivity contribution < 1.29 is 80.2 Å². The molecule has 5 atom stereocenters. The highest BCUT2D eigenvalue weighted by atomic mass is 31.2. The minimum Gasteiger partial charge on any atom is -0.462 e. The number of aliphatic hydroxyl groups is 1. The molecule has 19 heteroatoms. The van der Waals surface area contributed by atoms with Gasteiger partial charge in [-0.1, -0.05) is 318 Å². The van der Waals surface area contributed by atoms with Gasteiger partial charge in [0.15, 0.2) is 12.2 Å². The second-order valence-electron chi connectivity index (χ2n) is 26.9. The molecule has 17 nitrogen and oxygen atoms in total. The van der Waals surface area contributed by atoms with Crippen LogP contribution in [0.3, 0.4) is 0 Å². The van der Waals surface area contributed by atoms with Crippen LogP contribution in [0.5, 0.6) is 0 Å². The quantitative estimate of drug-likeness (QED) is 0.0222. The van der Waals surface area contributed by atoms with Crippen molar-refractivity contribution in [3.8, 4) is 0 Å². The zero-order valence-corrected chi connectivity index (χ0v) is 60.9. The van der Waals surface area contributed by atoms with E-state index in [-0.39, 0.29) is 25.7 Å². The van der Waals surface area contributed by atoms with Gasteiger partial charge in [-0.15, -0.1) is 0 Å². The van der Waals surface area contributed by atoms with Gasteiger partial charge in [0, 0.05) is 25.7 Å². The predicted molar refractivity (Wildman–Crippen MR) is 368 cm³/mol. The Bertz CT molecular complexity index is 1770. The molecule has 0 saturated carbocycles. The van der Waals surface area contributed by atoms with Crippen molar-refractivity contribution in [1.29, 1.82) is 0 Å². The molecular weight excluding hydrogens is 1200 g/mol. The van der Waals surface area contributed by atoms with E-state index in [1.165, 1.54) is 180 Å². The lowest BCUT2D eigenvalue weighted by Crippen LogP contribution is -2.30. The molecule has 0 radical (unpaired) electrons. The van der Waals surface area contributed by atoms with Crippen LogP contribution >= 0.6 is 15.6 Å². The SMILES string of the molecule is CCCCCCCCCCCCCCCC(=O)O[C@H](COC(=O)CCCCCCCCCC)COP(=O)(O)OC[C@H](O)COP(=O)(O)OC[C@@H](COC(=O)CCCCCCCCCCCCC(C)C)OC(=O)CCCCCCCCCCCCCCCCC(C)C. The first-order valence-electron chi connectivity index (χ1n) is 37.5. The number of carbonyl (C=O) groups is 4. The van der Waals surface area contributed by atoms with Gasteiger partial charge in [0.25, 0.3) is 0 Å². The summed E-state index contributed by atoms with van der Waals surface area (Å²) >= 11 is 0. The standard InChI is InChI=1S/C72H140O17P2/c1-7-9-11-13-15-17-18-21-25-32-38-44-50-56-71(76)88-67(60-82-69(74)54-48-42-36-16-14-12-10-8-2)62-86-90(78,79)84-58-66(73)59-85-91(80,81)87-63-68(61-83-70(75)55-49-43-37-31-28-27-30-35-41-47-53-65(5)6)89-72(77)57-51-45-39-33-26-23-20-19-22-24-29-34-40-46-52-64(3)4/h64-68,73H,7-63H2,1-6H3,(H,78,79)(H,80,81)/t66-,67+,68+/m0/s1. The maximum atomic E-state index is 13.0. The molecule has 0 aliphatic carbocycles. The third-order valence-corrected chi connectivity index (χ3v) is 18.6. The molecule has 0 saturated heterocycles. The fourth-order valence-corrected chi connectivity index (χ4v) is 12.5. The molecule has 91 heavy (non-hydrogen) atoms. The summed E-state index contributed by atoms with van der Waals surface area (Å²) in [6.07, 6.45) is 49.9. The predicted octanol–water partition coefficient (Wildman–Crippen LogP) is 20.8. The Morgan fingerprint density at radius 2 is 0.505 bits per heavy atom. The van der Waals surface area contributed by atoms with Crippen LogP contribution in [0.4, 0.5) is 0 Å². The first-order valence-corrected chi connectivity index (χ1v) is 40.5. The molecule has 0 rings (SSSR count). The molecule has 3 N–H and O–H groups in total. The lowest BCUT2D eigenvalue weighted by molar-refractivity contribution is -0.161. The van der Waals surface area contributed by atoms with Gasteiger partial charge < -0.3 is 33.8 Å². The number of hydrogen-bond donors (Lipinski definition) is 3. The van der Waals surface area contributed by atoms with Crippen molar-refractivity contribution in [1.82, 2.24) is 0 Å². The van der Waals surface area contributed by atoms with Gasteiger partial charge in [0.1, 0.15) is 19.3 Å². The summed E-state index contributed by atoms with van der Waals surface area (Å²) in [6, 6.07) is 0. The maximum Gasteiger partial charge on any atom is 0.472 e. The van der Waals surface area contributed by atoms with Crippen LogP contribution in [0.2, 0.25) is 0 Å². The second-order valence-corrected chi connectivity index (χ2v) is 29.8. The molecular formula is C72H140O17P2. The second kappa shape index (κ2) is 64.1. The van der Waals surface area contributed by atoms with Gasteiger partial charge in [-0.25, -0.2) is 9.13 Å². The molecule has 0 spiro atoms. The Balaban J connectivity index is 5.22. The fraction of sp³-hybridized carbons (Fsp3) is 0.944. The highest BCUT2D eigenvalue weighted by Gasteiger charge is 2.30. The number of esters is 4. The Kier molecular flexibility index (Phi) is 62.7. The molecule has 0 aromatic carbocycles. The van der Waals surface area contributed by atoms with Crippen molar-refractivity contribution in [2.75, 3.05) is 39.6 Å². The van der Waals surface area contributed by atoms with E-state index in [0.29, 0.717) is 25.7 Å². The number of aliphatic hydroxyl groups excluding tert-OH is 1. The summed E-state index contributed by atoms with van der Waals surface area (Å²) < 4.78 is 68.3. The highest BCUT2D eigenvalue weighted by molar-refractivity contribution is 7.47. The largest absolute Gasteiger partial charge is 0.472 e. The summed E-state index contributed by atoms with van der Waals surface area (Å²) in [7, 11) is -9.90. The van der Waals surface area contributed by atoms with E-state index in [4.69, 9.17) is 37.0 Å². The molecule has 0 amide bonds. The smallest absolute Gasteiger partial charge is 0.462 e. The summed E-state index contributed by atoms with van der Waals surface area (Å²) in [5.41, 5.74) is 0. The minimum atomic E-state index is -4.95. The lowest BCUT2D eigenvalue weighted by Gasteiger charge is -2.21. The van der Waals surface area contributed by atoms with Gasteiger partial charge in [-0.3, -0.25) is 37.3 Å². The van der Waals surface area contributed by atoms with Crippen LogP contribution in [0, 0.1) is 11.8 Å². The van der Waals surface area contributed by atoms with Crippen LogP contribution in [0.25, 0.3) is 0 Å². The number of carbonyl (C=O) groups excluding carboxylic acids is 4. The zero-order chi connectivity index (χ0) is 67.2. The summed E-state index contributed by atoms with van der Waals surface area (Å²) in [5, 5.41) is 10.6. The van der Waals surface area contributed by atoms with Crippen molar-refractivity contribution in [2.45, 2.75) is 387 Å². The topological polar surface area (TPSA) is 237 Å². The molecule has 0 heterocycles. The maximum absolute atomic E-state index is 13.0. The van der Waals surface area contributed by atoms with Gasteiger partial charge in [-0.2, -0.15) is 0 Å². The third-order valence-electron chi connectivity index (χ3n) is 16.7. The van der Waals surface area contributed by atoms with Crippen LogP contribution in [-0.4, -0.2) is 96.7 Å². The van der Waals surface area contributed by atoms with Crippen LogP contribution in [-0.2, 0) is 65.4 Å². The number of phosphoric ester groups is 2. The molecule has 540 valence electrons. The van der Waals surface area contributed by atoms with E-state index < -0.39 is 97.5 Å². The summed E-state index contributed by atoms with van der Waals surface area (Å²) in [6.45, 7) is 9.56. The fourth-order valence-electron chi connectivity index (χ4n) is 10.9. The van der Waals surface area contributed by atoms with Crippen LogP contribution in [0.1, 0.15) is 369 Å². The minimum absolute atomic E-state index is 0.107. The Morgan fingerprint density at radius 3 is 0.747 bits per heavy atom. The van der Waals surface area contributed by atoms with Gasteiger partial charge >= 0.3 is 39.5 Å². The number of unbranched alkanes of at least 4 members (excludes halogenated alkanes) is 41. The Labute approximate surface area is 556 Å². The highest BCUT2D eigenvalue weighted by Crippen LogP contribution is 2.45. The van der Waals surface area contributed by atoms with E-state index >= 15 is 0 Å². The average molecular weight is 1340 g/mol. The number of rotatable bonds is 71. The number of hydrogen-bond acceptors (Lipinski definition) is 15. The van der Waals surface area contributed by atoms with Gasteiger partial charge in [0.05, 0.1) is 26.4 Å². The molecule has 0 aliphatic heterocycles. The summed E-state index contributed by atoms with van der Waals surface area (Å²) in [5.74, 6) is -0.568. The van der Waals surface area contributed by atoms with Crippen LogP contribution < -0.4 is 0 Å². The first-order chi connectivity index (χ1) is 43.9. The number of phosphoric acid groups is 2. The molecule has 0 aromatic heterocycles. The van der Waals surface area contributed by atoms with Gasteiger partial charge in [0.2, 0.25) is 0 Å². The first kappa shape index (κ1) is 89.1. The van der Waals surface area contributed by atoms with Crippen molar-refractivity contribution in [3.63, 3.8) is 0 Å². The van der Waals surface area contributed by atoms with E-state index in [9.17, 15) is 43.2 Å². The molecule has 0 bridgehead atoms. The van der Waals surface area contributed by atoms with E-state index in [1.54, 1.807) is 0 Å². The summed E-state index contributed by atoms with van der Waals surface area (Å²) in [4.78, 5) is 72.6. The van der Waals surface area contributed by atoms with Crippen LogP contribution in [0.15, 0.2) is 0 Å². The van der Waals surface area contributed by atoms with E-state index in [2.05, 4.69) is 41.5 Å². The lowest BCUT2D eigenvalue weighted by atomic mass is 10.0. The monoisotopic (exact) mass is 1340 g/mol. The zero-order valence-electron chi connectivity index (χ0n) is 59.1. The van der Waals surface area contributed by atoms with Crippen molar-refractivity contribution in [2.24, 2.45) is 11.8 Å². The molecule has 0 aliphatic rings. The Morgan fingerprint density at radius 1 is 0.297 bits per heavy atom. The molecule has 2 unspecified atom stereocenters. The number of ether oxygens (including phenoxy) is 4. The normalized spacial score (nSPS) is 14.1.